The number of aliphatic hydroxyl groups excluding tert-OH is 1. The number of nitrogens with zero attached hydrogens (tertiary/aromatic N) is 3. The fourth-order valence-electron chi connectivity index (χ4n) is 5.54. The maximum atomic E-state index is 13.8. The molecular weight excluding hydrogens is 721 g/mol. The molecule has 14 heteroatoms. The summed E-state index contributed by atoms with van der Waals surface area (Å²) in [4.78, 5) is 28.9. The number of aromatic nitrogens is 2. The molecule has 5 aromatic rings. The zero-order valence-electron chi connectivity index (χ0n) is 26.3. The number of aliphatic hydroxyl groups is 1. The summed E-state index contributed by atoms with van der Waals surface area (Å²) in [5.41, 5.74) is 2.43. The third-order valence-corrected chi connectivity index (χ3v) is 10.7. The zero-order chi connectivity index (χ0) is 34.8. The lowest BCUT2D eigenvalue weighted by Gasteiger charge is -2.24. The van der Waals surface area contributed by atoms with Gasteiger partial charge in [-0.2, -0.15) is 0 Å². The number of ketones is 1. The van der Waals surface area contributed by atoms with E-state index in [0.717, 1.165) is 22.5 Å². The van der Waals surface area contributed by atoms with Crippen molar-refractivity contribution >= 4 is 68.9 Å². The van der Waals surface area contributed by atoms with Crippen LogP contribution in [0.1, 0.15) is 28.3 Å². The predicted octanol–water partition coefficient (Wildman–Crippen LogP) is 8.12. The summed E-state index contributed by atoms with van der Waals surface area (Å²) in [6.45, 7) is 1.03. The summed E-state index contributed by atoms with van der Waals surface area (Å²) in [5.74, 6) is 0.0925. The largest absolute Gasteiger partial charge is 0.507 e. The molecule has 254 valence electrons. The van der Waals surface area contributed by atoms with Gasteiger partial charge in [0.2, 0.25) is 5.13 Å². The highest BCUT2D eigenvalue weighted by molar-refractivity contribution is 8.00. The number of hydrogen-bond acceptors (Lipinski definition) is 11. The van der Waals surface area contributed by atoms with Gasteiger partial charge in [0.25, 0.3) is 5.78 Å². The highest BCUT2D eigenvalue weighted by Crippen LogP contribution is 2.46. The van der Waals surface area contributed by atoms with E-state index in [9.17, 15) is 14.7 Å². The van der Waals surface area contributed by atoms with Gasteiger partial charge in [0.1, 0.15) is 25.6 Å². The molecular formula is C36H27Cl2N3O7S2. The molecule has 7 rings (SSSR count). The van der Waals surface area contributed by atoms with Crippen LogP contribution in [0.2, 0.25) is 10.0 Å². The Labute approximate surface area is 305 Å². The minimum absolute atomic E-state index is 0.135. The van der Waals surface area contributed by atoms with Crippen LogP contribution in [0.5, 0.6) is 23.0 Å². The van der Waals surface area contributed by atoms with E-state index in [2.05, 4.69) is 10.2 Å². The summed E-state index contributed by atoms with van der Waals surface area (Å²) in [5, 5.41) is 21.5. The summed E-state index contributed by atoms with van der Waals surface area (Å²) >= 11 is 14.9. The van der Waals surface area contributed by atoms with Crippen molar-refractivity contribution in [3.8, 4) is 23.0 Å². The second-order valence-corrected chi connectivity index (χ2v) is 14.1. The van der Waals surface area contributed by atoms with Crippen LogP contribution < -0.4 is 23.8 Å². The minimum Gasteiger partial charge on any atom is -0.507 e. The summed E-state index contributed by atoms with van der Waals surface area (Å²) in [6, 6.07) is 23.8. The lowest BCUT2D eigenvalue weighted by atomic mass is 9.95. The number of ether oxygens (including phenoxy) is 4. The molecule has 2 aliphatic heterocycles. The van der Waals surface area contributed by atoms with E-state index >= 15 is 0 Å². The predicted molar refractivity (Wildman–Crippen MR) is 192 cm³/mol. The van der Waals surface area contributed by atoms with Gasteiger partial charge in [0, 0.05) is 21.4 Å². The lowest BCUT2D eigenvalue weighted by molar-refractivity contribution is -0.132. The van der Waals surface area contributed by atoms with Gasteiger partial charge in [-0.25, -0.2) is 0 Å². The van der Waals surface area contributed by atoms with Crippen LogP contribution in [-0.4, -0.2) is 47.3 Å². The van der Waals surface area contributed by atoms with E-state index in [1.165, 1.54) is 23.8 Å². The summed E-state index contributed by atoms with van der Waals surface area (Å²) in [6.07, 6.45) is 0. The van der Waals surface area contributed by atoms with Crippen molar-refractivity contribution < 1.29 is 33.6 Å². The Morgan fingerprint density at radius 1 is 0.960 bits per heavy atom. The van der Waals surface area contributed by atoms with Crippen molar-refractivity contribution in [1.82, 2.24) is 10.2 Å². The number of thioether (sulfide) groups is 1. The third-order valence-electron chi connectivity index (χ3n) is 7.97. The molecule has 1 saturated heterocycles. The number of hydrogen-bond donors (Lipinski definition) is 1. The quantitative estimate of drug-likeness (QED) is 0.0493. The first-order valence-electron chi connectivity index (χ1n) is 15.3. The number of amides is 1. The molecule has 10 nitrogen and oxygen atoms in total. The fourth-order valence-corrected chi connectivity index (χ4v) is 7.96. The van der Waals surface area contributed by atoms with Crippen LogP contribution >= 0.6 is 46.3 Å². The van der Waals surface area contributed by atoms with Crippen LogP contribution in [0.4, 0.5) is 5.13 Å². The Kier molecular flexibility index (Phi) is 9.86. The van der Waals surface area contributed by atoms with Crippen molar-refractivity contribution in [2.45, 2.75) is 22.7 Å². The zero-order valence-corrected chi connectivity index (χ0v) is 29.4. The second-order valence-electron chi connectivity index (χ2n) is 11.1. The molecule has 3 heterocycles. The van der Waals surface area contributed by atoms with Gasteiger partial charge < -0.3 is 24.1 Å². The molecule has 0 saturated carbocycles. The molecule has 4 aromatic carbocycles. The van der Waals surface area contributed by atoms with Gasteiger partial charge in [-0.1, -0.05) is 88.8 Å². The Morgan fingerprint density at radius 3 is 2.54 bits per heavy atom. The number of anilines is 1. The van der Waals surface area contributed by atoms with Crippen molar-refractivity contribution in [2.24, 2.45) is 0 Å². The summed E-state index contributed by atoms with van der Waals surface area (Å²) < 4.78 is 23.6. The smallest absolute Gasteiger partial charge is 0.301 e. The number of Topliss-reactive ketones (excluding diaryl/α,β-unsaturated/α-hetero) is 1. The molecule has 2 aliphatic rings. The molecule has 0 bridgehead atoms. The van der Waals surface area contributed by atoms with Gasteiger partial charge in [-0.05, 0) is 59.2 Å². The first-order valence-corrected chi connectivity index (χ1v) is 17.8. The van der Waals surface area contributed by atoms with Gasteiger partial charge >= 0.3 is 5.91 Å². The average molecular weight is 749 g/mol. The Balaban J connectivity index is 1.27. The van der Waals surface area contributed by atoms with Crippen molar-refractivity contribution in [3.05, 3.63) is 123 Å². The van der Waals surface area contributed by atoms with Crippen molar-refractivity contribution in [3.63, 3.8) is 0 Å². The molecule has 1 aromatic heterocycles. The number of benzene rings is 4. The molecule has 50 heavy (non-hydrogen) atoms. The monoisotopic (exact) mass is 747 g/mol. The van der Waals surface area contributed by atoms with Gasteiger partial charge in [-0.15, -0.1) is 10.2 Å². The van der Waals surface area contributed by atoms with E-state index in [1.807, 2.05) is 36.4 Å². The van der Waals surface area contributed by atoms with E-state index < -0.39 is 17.7 Å². The normalized spacial score (nSPS) is 16.5. The van der Waals surface area contributed by atoms with Crippen LogP contribution in [0, 0.1) is 0 Å². The molecule has 0 aliphatic carbocycles. The van der Waals surface area contributed by atoms with Crippen molar-refractivity contribution in [2.75, 3.05) is 25.2 Å². The van der Waals surface area contributed by atoms with E-state index in [-0.39, 0.29) is 22.0 Å². The maximum absolute atomic E-state index is 13.8. The van der Waals surface area contributed by atoms with Crippen molar-refractivity contribution in [1.29, 1.82) is 0 Å². The SMILES string of the molecule is COc1cc(C2/C(=C(\O)c3ccc4c(c3)OCCO4)C(=O)C(=O)N2c2nnc(SCc3ccc(Cl)cc3Cl)s2)ccc1OCc1ccccc1. The number of fused-ring (bicyclic) bond motifs is 1. The Bertz CT molecular complexity index is 2130. The number of halogens is 2. The summed E-state index contributed by atoms with van der Waals surface area (Å²) in [7, 11) is 1.50. The molecule has 1 amide bonds. The molecule has 1 atom stereocenters. The van der Waals surface area contributed by atoms with Gasteiger partial charge in [0.15, 0.2) is 27.3 Å². The van der Waals surface area contributed by atoms with E-state index in [1.54, 1.807) is 48.5 Å². The molecule has 1 unspecified atom stereocenters. The number of carbonyl (C=O) groups is 2. The average Bonchev–Trinajstić information content (AvgIpc) is 3.71. The molecule has 0 radical (unpaired) electrons. The minimum atomic E-state index is -1.09. The van der Waals surface area contributed by atoms with Crippen LogP contribution in [0.25, 0.3) is 5.76 Å². The Hall–Kier alpha value is -4.75. The fraction of sp³-hybridized carbons (Fsp3) is 0.167. The van der Waals surface area contributed by atoms with Gasteiger partial charge in [0.05, 0.1) is 18.7 Å². The first kappa shape index (κ1) is 33.7. The van der Waals surface area contributed by atoms with Gasteiger partial charge in [-0.3, -0.25) is 14.5 Å². The van der Waals surface area contributed by atoms with Crippen LogP contribution in [-0.2, 0) is 21.9 Å². The number of rotatable bonds is 10. The lowest BCUT2D eigenvalue weighted by Crippen LogP contribution is -2.29. The first-order chi connectivity index (χ1) is 24.3. The molecule has 1 N–H and O–H groups in total. The highest BCUT2D eigenvalue weighted by Gasteiger charge is 2.48. The Morgan fingerprint density at radius 2 is 1.76 bits per heavy atom. The number of carbonyl (C=O) groups excluding carboxylic acids is 2. The topological polar surface area (TPSA) is 120 Å². The third kappa shape index (κ3) is 6.84. The second kappa shape index (κ2) is 14.6. The number of methoxy groups -OCH3 is 1. The standard InChI is InChI=1S/C36H27Cl2N3O7S2/c1-45-28-15-21(8-11-26(28)48-18-20-5-3-2-4-6-20)31-30(32(42)22-9-12-27-29(16-22)47-14-13-46-27)33(43)34(44)41(31)35-39-40-36(50-35)49-19-23-7-10-24(37)17-25(23)38/h2-12,15-17,31,42H,13-14,18-19H2,1H3/b32-30+. The van der Waals surface area contributed by atoms with E-state index in [4.69, 9.17) is 42.1 Å². The van der Waals surface area contributed by atoms with Crippen LogP contribution in [0.15, 0.2) is 94.8 Å². The van der Waals surface area contributed by atoms with E-state index in [0.29, 0.717) is 68.5 Å². The molecule has 0 spiro atoms. The van der Waals surface area contributed by atoms with Crippen LogP contribution in [0.3, 0.4) is 0 Å². The molecule has 1 fully saturated rings. The maximum Gasteiger partial charge on any atom is 0.301 e. The highest BCUT2D eigenvalue weighted by atomic mass is 35.5.